The molecule has 3 heteroatoms. The van der Waals surface area contributed by atoms with Gasteiger partial charge in [0.1, 0.15) is 6.10 Å². The van der Waals surface area contributed by atoms with Crippen LogP contribution in [0.5, 0.6) is 0 Å². The molecule has 0 N–H and O–H groups in total. The van der Waals surface area contributed by atoms with Crippen molar-refractivity contribution in [2.24, 2.45) is 52.3 Å². The number of hydrogen-bond acceptors (Lipinski definition) is 3. The summed E-state index contributed by atoms with van der Waals surface area (Å²) < 4.78 is 6.03. The molecule has 0 heterocycles. The summed E-state index contributed by atoms with van der Waals surface area (Å²) in [6.07, 6.45) is 17.0. The van der Waals surface area contributed by atoms with Gasteiger partial charge in [-0.05, 0) is 131 Å². The van der Waals surface area contributed by atoms with Crippen molar-refractivity contribution < 1.29 is 9.53 Å². The maximum Gasteiger partial charge on any atom is 0.333 e. The monoisotopic (exact) mass is 513 g/mol. The van der Waals surface area contributed by atoms with Crippen LogP contribution in [0.25, 0.3) is 0 Å². The largest absolute Gasteiger partial charge is 0.459 e. The van der Waals surface area contributed by atoms with E-state index in [2.05, 4.69) is 46.1 Å². The number of rotatable bonds is 10. The van der Waals surface area contributed by atoms with Gasteiger partial charge in [0.05, 0.1) is 0 Å². The quantitative estimate of drug-likeness (QED) is 0.216. The van der Waals surface area contributed by atoms with Crippen LogP contribution in [0.4, 0.5) is 0 Å². The van der Waals surface area contributed by atoms with Gasteiger partial charge >= 0.3 is 5.97 Å². The van der Waals surface area contributed by atoms with Gasteiger partial charge in [-0.25, -0.2) is 4.79 Å². The molecule has 0 aliphatic heterocycles. The molecule has 0 aromatic rings. The van der Waals surface area contributed by atoms with Crippen LogP contribution in [0, 0.1) is 52.3 Å². The minimum Gasteiger partial charge on any atom is -0.459 e. The molecular weight excluding hydrogens is 454 g/mol. The molecule has 0 spiro atoms. The number of fused-ring (bicyclic) bond motifs is 5. The van der Waals surface area contributed by atoms with E-state index in [0.717, 1.165) is 54.9 Å². The van der Waals surface area contributed by atoms with E-state index >= 15 is 0 Å². The first-order valence-corrected chi connectivity index (χ1v) is 16.0. The molecule has 0 aromatic heterocycles. The van der Waals surface area contributed by atoms with E-state index in [1.165, 1.54) is 64.2 Å². The van der Waals surface area contributed by atoms with Gasteiger partial charge in [-0.2, -0.15) is 0 Å². The van der Waals surface area contributed by atoms with Gasteiger partial charge in [0, 0.05) is 12.1 Å². The van der Waals surface area contributed by atoms with E-state index in [-0.39, 0.29) is 12.1 Å². The van der Waals surface area contributed by atoms with Gasteiger partial charge in [-0.3, -0.25) is 0 Å². The number of hydrogen-bond donors (Lipinski definition) is 0. The van der Waals surface area contributed by atoms with E-state index in [1.807, 2.05) is 14.1 Å². The van der Waals surface area contributed by atoms with Crippen molar-refractivity contribution in [3.8, 4) is 0 Å². The van der Waals surface area contributed by atoms with E-state index in [4.69, 9.17) is 4.74 Å². The highest BCUT2D eigenvalue weighted by atomic mass is 16.5. The normalized spacial score (nSPS) is 40.1. The molecule has 4 aliphatic rings. The Morgan fingerprint density at radius 3 is 2.35 bits per heavy atom. The highest BCUT2D eigenvalue weighted by Crippen LogP contribution is 2.68. The lowest BCUT2D eigenvalue weighted by molar-refractivity contribution is -0.159. The first kappa shape index (κ1) is 29.2. The van der Waals surface area contributed by atoms with Crippen molar-refractivity contribution in [3.63, 3.8) is 0 Å². The summed E-state index contributed by atoms with van der Waals surface area (Å²) in [5.41, 5.74) is 1.64. The molecule has 3 nitrogen and oxygen atoms in total. The summed E-state index contributed by atoms with van der Waals surface area (Å²) in [6.45, 7) is 17.5. The highest BCUT2D eigenvalue weighted by molar-refractivity contribution is 5.87. The summed E-state index contributed by atoms with van der Waals surface area (Å²) in [4.78, 5) is 14.8. The second-order valence-corrected chi connectivity index (χ2v) is 15.1. The van der Waals surface area contributed by atoms with Crippen LogP contribution in [0.15, 0.2) is 12.2 Å². The summed E-state index contributed by atoms with van der Waals surface area (Å²) >= 11 is 0. The van der Waals surface area contributed by atoms with Crippen molar-refractivity contribution in [3.05, 3.63) is 12.2 Å². The topological polar surface area (TPSA) is 29.5 Å². The zero-order valence-corrected chi connectivity index (χ0v) is 25.5. The fourth-order valence-electron chi connectivity index (χ4n) is 10.0. The maximum absolute atomic E-state index is 12.7. The third-order valence-corrected chi connectivity index (χ3v) is 12.2. The predicted molar refractivity (Wildman–Crippen MR) is 155 cm³/mol. The molecule has 0 radical (unpaired) electrons. The molecule has 37 heavy (non-hydrogen) atoms. The van der Waals surface area contributed by atoms with E-state index in [0.29, 0.717) is 28.7 Å². The zero-order valence-electron chi connectivity index (χ0n) is 25.5. The Morgan fingerprint density at radius 1 is 0.946 bits per heavy atom. The first-order valence-electron chi connectivity index (χ1n) is 16.0. The Labute approximate surface area is 229 Å². The van der Waals surface area contributed by atoms with Crippen LogP contribution in [-0.4, -0.2) is 37.6 Å². The minimum atomic E-state index is -0.155. The van der Waals surface area contributed by atoms with E-state index in [9.17, 15) is 4.79 Å². The van der Waals surface area contributed by atoms with Crippen LogP contribution in [0.1, 0.15) is 118 Å². The number of nitrogens with zero attached hydrogens (tertiary/aromatic N) is 1. The molecule has 4 saturated carbocycles. The standard InChI is InChI=1S/C34H59NO2/c1-23(2)10-9-11-24(3)29-14-15-30-28-13-12-26-22-27(37-32(36)25(4)18-21-35(7)8)16-19-33(26,5)31(28)17-20-34(29,30)6/h23-24,26-31H,4,9-22H2,1-3,5-8H3/t24-,26-,27+,28+,29-,30-,31-,33+,34-/m1/s1. The van der Waals surface area contributed by atoms with Gasteiger partial charge in [0.15, 0.2) is 0 Å². The van der Waals surface area contributed by atoms with Crippen molar-refractivity contribution in [2.45, 2.75) is 124 Å². The van der Waals surface area contributed by atoms with Crippen LogP contribution in [0.3, 0.4) is 0 Å². The molecule has 4 aliphatic carbocycles. The zero-order chi connectivity index (χ0) is 27.0. The number of carbonyl (C=O) groups is 1. The second kappa shape index (κ2) is 11.7. The predicted octanol–water partition coefficient (Wildman–Crippen LogP) is 8.53. The first-order chi connectivity index (χ1) is 17.5. The molecule has 9 atom stereocenters. The summed E-state index contributed by atoms with van der Waals surface area (Å²) in [5, 5.41) is 0. The fourth-order valence-corrected chi connectivity index (χ4v) is 10.0. The SMILES string of the molecule is C=C(CCN(C)C)C(=O)O[C@H]1CC[C@@]2(C)[C@H](CC[C@H]3[C@H]4CC[C@H]([C@H](C)CCCC(C)C)[C@@]4(C)CC[C@H]32)C1. The molecule has 0 unspecified atom stereocenters. The average molecular weight is 514 g/mol. The highest BCUT2D eigenvalue weighted by Gasteiger charge is 2.60. The Hall–Kier alpha value is -0.830. The van der Waals surface area contributed by atoms with Crippen LogP contribution < -0.4 is 0 Å². The third kappa shape index (κ3) is 6.02. The molecule has 0 aromatic carbocycles. The van der Waals surface area contributed by atoms with Gasteiger partial charge in [0.2, 0.25) is 0 Å². The molecule has 0 amide bonds. The fraction of sp³-hybridized carbons (Fsp3) is 0.912. The van der Waals surface area contributed by atoms with E-state index in [1.54, 1.807) is 0 Å². The Morgan fingerprint density at radius 2 is 1.65 bits per heavy atom. The Kier molecular flexibility index (Phi) is 9.24. The van der Waals surface area contributed by atoms with Crippen molar-refractivity contribution in [1.29, 1.82) is 0 Å². The summed E-state index contributed by atoms with van der Waals surface area (Å²) in [5.74, 6) is 5.97. The Balaban J connectivity index is 1.35. The lowest BCUT2D eigenvalue weighted by atomic mass is 9.44. The number of esters is 1. The third-order valence-electron chi connectivity index (χ3n) is 12.2. The molecule has 0 saturated heterocycles. The van der Waals surface area contributed by atoms with Crippen LogP contribution >= 0.6 is 0 Å². The lowest BCUT2D eigenvalue weighted by Crippen LogP contribution is -2.54. The molecule has 0 bridgehead atoms. The number of carbonyl (C=O) groups excluding carboxylic acids is 1. The van der Waals surface area contributed by atoms with Crippen molar-refractivity contribution >= 4 is 5.97 Å². The summed E-state index contributed by atoms with van der Waals surface area (Å²) in [6, 6.07) is 0. The molecule has 4 rings (SSSR count). The smallest absolute Gasteiger partial charge is 0.333 e. The average Bonchev–Trinajstić information content (AvgIpc) is 3.19. The summed E-state index contributed by atoms with van der Waals surface area (Å²) in [7, 11) is 4.07. The van der Waals surface area contributed by atoms with Crippen molar-refractivity contribution in [2.75, 3.05) is 20.6 Å². The molecule has 212 valence electrons. The van der Waals surface area contributed by atoms with Crippen LogP contribution in [0.2, 0.25) is 0 Å². The minimum absolute atomic E-state index is 0.0923. The molecule has 4 fully saturated rings. The van der Waals surface area contributed by atoms with Gasteiger partial charge in [-0.15, -0.1) is 0 Å². The van der Waals surface area contributed by atoms with Crippen LogP contribution in [-0.2, 0) is 9.53 Å². The lowest BCUT2D eigenvalue weighted by Gasteiger charge is -2.61. The van der Waals surface area contributed by atoms with Gasteiger partial charge < -0.3 is 9.64 Å². The van der Waals surface area contributed by atoms with E-state index < -0.39 is 0 Å². The second-order valence-electron chi connectivity index (χ2n) is 15.1. The number of ether oxygens (including phenoxy) is 1. The van der Waals surface area contributed by atoms with Gasteiger partial charge in [-0.1, -0.05) is 60.5 Å². The van der Waals surface area contributed by atoms with Crippen molar-refractivity contribution in [1.82, 2.24) is 4.90 Å². The van der Waals surface area contributed by atoms with Gasteiger partial charge in [0.25, 0.3) is 0 Å². The Bertz CT molecular complexity index is 804. The maximum atomic E-state index is 12.7. The molecular formula is C34H59NO2.